The predicted octanol–water partition coefficient (Wildman–Crippen LogP) is 3.24. The van der Waals surface area contributed by atoms with Crippen molar-refractivity contribution in [1.29, 1.82) is 0 Å². The third kappa shape index (κ3) is 4.68. The number of carbonyl (C=O) groups is 2. The number of nitrogens with zero attached hydrogens (tertiary/aromatic N) is 3. The number of aryl methyl sites for hydroxylation is 1. The minimum Gasteiger partial charge on any atom is -0.323 e. The van der Waals surface area contributed by atoms with Crippen LogP contribution in [0.2, 0.25) is 0 Å². The van der Waals surface area contributed by atoms with Crippen molar-refractivity contribution < 1.29 is 9.59 Å². The van der Waals surface area contributed by atoms with E-state index in [-0.39, 0.29) is 24.4 Å². The fourth-order valence-corrected chi connectivity index (χ4v) is 4.89. The number of aromatic nitrogens is 1. The molecule has 0 unspecified atom stereocenters. The Morgan fingerprint density at radius 3 is 2.53 bits per heavy atom. The van der Waals surface area contributed by atoms with Crippen LogP contribution in [0.4, 0.5) is 4.79 Å². The van der Waals surface area contributed by atoms with Crippen LogP contribution in [-0.4, -0.2) is 51.9 Å². The van der Waals surface area contributed by atoms with E-state index in [0.717, 1.165) is 44.6 Å². The van der Waals surface area contributed by atoms with E-state index in [1.54, 1.807) is 6.92 Å². The van der Waals surface area contributed by atoms with Crippen LogP contribution in [0.3, 0.4) is 0 Å². The summed E-state index contributed by atoms with van der Waals surface area (Å²) in [5.74, 6) is 5.65. The maximum Gasteiger partial charge on any atom is 0.325 e. The number of piperidine rings is 1. The lowest BCUT2D eigenvalue weighted by molar-refractivity contribution is -0.134. The third-order valence-electron chi connectivity index (χ3n) is 6.66. The molecule has 1 aromatic carbocycles. The van der Waals surface area contributed by atoms with Crippen LogP contribution in [0.15, 0.2) is 54.7 Å². The fraction of sp³-hybridized carbons (Fsp3) is 0.423. The maximum atomic E-state index is 13.6. The van der Waals surface area contributed by atoms with Gasteiger partial charge in [-0.2, -0.15) is 0 Å². The molecule has 1 aromatic heterocycles. The molecule has 166 valence electrons. The number of imide groups is 1. The largest absolute Gasteiger partial charge is 0.325 e. The fourth-order valence-electron chi connectivity index (χ4n) is 4.89. The molecule has 32 heavy (non-hydrogen) atoms. The van der Waals surface area contributed by atoms with Crippen LogP contribution in [-0.2, 0) is 17.8 Å². The first-order valence-corrected chi connectivity index (χ1v) is 11.3. The topological polar surface area (TPSA) is 65.5 Å². The summed E-state index contributed by atoms with van der Waals surface area (Å²) in [4.78, 5) is 34.5. The molecule has 1 atom stereocenters. The van der Waals surface area contributed by atoms with Crippen molar-refractivity contribution in [2.45, 2.75) is 44.7 Å². The number of likely N-dealkylation sites (tertiary alicyclic amines) is 1. The summed E-state index contributed by atoms with van der Waals surface area (Å²) in [6.45, 7) is 4.44. The van der Waals surface area contributed by atoms with Gasteiger partial charge in [0, 0.05) is 12.7 Å². The lowest BCUT2D eigenvalue weighted by Gasteiger charge is -2.41. The number of amides is 3. The second-order valence-corrected chi connectivity index (χ2v) is 8.58. The van der Waals surface area contributed by atoms with Crippen molar-refractivity contribution in [2.24, 2.45) is 5.92 Å². The van der Waals surface area contributed by atoms with Crippen molar-refractivity contribution in [2.75, 3.05) is 19.6 Å². The van der Waals surface area contributed by atoms with Gasteiger partial charge in [0.05, 0.1) is 12.2 Å². The monoisotopic (exact) mass is 430 g/mol. The van der Waals surface area contributed by atoms with E-state index in [1.165, 1.54) is 10.5 Å². The number of benzene rings is 1. The highest BCUT2D eigenvalue weighted by atomic mass is 16.2. The summed E-state index contributed by atoms with van der Waals surface area (Å²) < 4.78 is 0. The molecule has 6 heteroatoms. The van der Waals surface area contributed by atoms with Crippen LogP contribution in [0.5, 0.6) is 0 Å². The number of rotatable bonds is 7. The molecule has 0 bridgehead atoms. The zero-order chi connectivity index (χ0) is 22.4. The molecule has 2 fully saturated rings. The number of hydrogen-bond acceptors (Lipinski definition) is 4. The van der Waals surface area contributed by atoms with E-state index >= 15 is 0 Å². The van der Waals surface area contributed by atoms with Gasteiger partial charge in [0.1, 0.15) is 5.54 Å². The predicted molar refractivity (Wildman–Crippen MR) is 123 cm³/mol. The van der Waals surface area contributed by atoms with E-state index in [4.69, 9.17) is 0 Å². The van der Waals surface area contributed by atoms with Gasteiger partial charge in [-0.3, -0.25) is 19.6 Å². The molecule has 2 aliphatic rings. The van der Waals surface area contributed by atoms with Gasteiger partial charge >= 0.3 is 6.03 Å². The average Bonchev–Trinajstić information content (AvgIpc) is 3.08. The maximum absolute atomic E-state index is 13.6. The molecular weight excluding hydrogens is 400 g/mol. The summed E-state index contributed by atoms with van der Waals surface area (Å²) in [7, 11) is 0. The summed E-state index contributed by atoms with van der Waals surface area (Å²) in [6, 6.07) is 15.8. The van der Waals surface area contributed by atoms with Crippen LogP contribution in [0.25, 0.3) is 0 Å². The van der Waals surface area contributed by atoms with E-state index in [0.29, 0.717) is 6.42 Å². The van der Waals surface area contributed by atoms with Gasteiger partial charge in [-0.1, -0.05) is 42.3 Å². The molecule has 6 nitrogen and oxygen atoms in total. The molecular formula is C26H30N4O2. The Labute approximate surface area is 190 Å². The smallest absolute Gasteiger partial charge is 0.323 e. The van der Waals surface area contributed by atoms with Crippen LogP contribution in [0.1, 0.15) is 37.4 Å². The molecule has 0 saturated carbocycles. The summed E-state index contributed by atoms with van der Waals surface area (Å²) in [5, 5.41) is 3.12. The molecule has 1 N–H and O–H groups in total. The van der Waals surface area contributed by atoms with E-state index in [2.05, 4.69) is 39.2 Å². The van der Waals surface area contributed by atoms with Crippen LogP contribution >= 0.6 is 0 Å². The third-order valence-corrected chi connectivity index (χ3v) is 6.66. The summed E-state index contributed by atoms with van der Waals surface area (Å²) in [6.07, 6.45) is 4.89. The second kappa shape index (κ2) is 9.97. The SMILES string of the molecule is CC#CCN1C(=O)N[C@](CCc2ccccc2)(C2CCN(Cc3ccccn3)CC2)C1=O. The van der Waals surface area contributed by atoms with E-state index < -0.39 is 5.54 Å². The Morgan fingerprint density at radius 2 is 1.84 bits per heavy atom. The second-order valence-electron chi connectivity index (χ2n) is 8.58. The summed E-state index contributed by atoms with van der Waals surface area (Å²) in [5.41, 5.74) is 1.37. The molecule has 0 spiro atoms. The molecule has 3 heterocycles. The lowest BCUT2D eigenvalue weighted by Crippen LogP contribution is -2.56. The normalized spacial score (nSPS) is 21.8. The quantitative estimate of drug-likeness (QED) is 0.541. The molecule has 3 amide bonds. The standard InChI is InChI=1S/C26H30N4O2/c1-2-3-17-30-24(31)26(28-25(30)32,15-12-21-9-5-4-6-10-21)22-13-18-29(19-14-22)20-23-11-7-8-16-27-23/h4-11,16,22H,12-15,17-20H2,1H3,(H,28,32)/t26-/m1/s1. The molecule has 4 rings (SSSR count). The highest BCUT2D eigenvalue weighted by molar-refractivity contribution is 6.07. The van der Waals surface area contributed by atoms with Crippen LogP contribution in [0, 0.1) is 17.8 Å². The minimum absolute atomic E-state index is 0.0993. The van der Waals surface area contributed by atoms with Crippen molar-refractivity contribution >= 4 is 11.9 Å². The number of pyridine rings is 1. The Morgan fingerprint density at radius 1 is 1.09 bits per heavy atom. The lowest BCUT2D eigenvalue weighted by atomic mass is 9.74. The van der Waals surface area contributed by atoms with Crippen molar-refractivity contribution in [3.8, 4) is 11.8 Å². The summed E-state index contributed by atoms with van der Waals surface area (Å²) >= 11 is 0. The zero-order valence-corrected chi connectivity index (χ0v) is 18.6. The molecule has 2 saturated heterocycles. The van der Waals surface area contributed by atoms with Crippen molar-refractivity contribution in [3.05, 3.63) is 66.0 Å². The van der Waals surface area contributed by atoms with Crippen molar-refractivity contribution in [1.82, 2.24) is 20.1 Å². The number of hydrogen-bond donors (Lipinski definition) is 1. The number of urea groups is 1. The van der Waals surface area contributed by atoms with Gasteiger partial charge in [-0.15, -0.1) is 5.92 Å². The van der Waals surface area contributed by atoms with Gasteiger partial charge in [0.25, 0.3) is 5.91 Å². The van der Waals surface area contributed by atoms with Gasteiger partial charge in [0.15, 0.2) is 0 Å². The van der Waals surface area contributed by atoms with Gasteiger partial charge in [-0.05, 0) is 69.3 Å². The Hall–Kier alpha value is -3.17. The van der Waals surface area contributed by atoms with Gasteiger partial charge in [0.2, 0.25) is 0 Å². The Kier molecular flexibility index (Phi) is 6.87. The minimum atomic E-state index is -0.862. The number of nitrogens with one attached hydrogen (secondary N) is 1. The molecule has 2 aromatic rings. The highest BCUT2D eigenvalue weighted by Gasteiger charge is 2.55. The first-order valence-electron chi connectivity index (χ1n) is 11.3. The Bertz CT molecular complexity index is 991. The van der Waals surface area contributed by atoms with Crippen molar-refractivity contribution in [3.63, 3.8) is 0 Å². The zero-order valence-electron chi connectivity index (χ0n) is 18.6. The first-order chi connectivity index (χ1) is 15.6. The molecule has 2 aliphatic heterocycles. The molecule has 0 aliphatic carbocycles. The van der Waals surface area contributed by atoms with Gasteiger partial charge in [-0.25, -0.2) is 4.79 Å². The highest BCUT2D eigenvalue weighted by Crippen LogP contribution is 2.37. The van der Waals surface area contributed by atoms with E-state index in [9.17, 15) is 9.59 Å². The average molecular weight is 431 g/mol. The van der Waals surface area contributed by atoms with Crippen LogP contribution < -0.4 is 5.32 Å². The Balaban J connectivity index is 1.50. The van der Waals surface area contributed by atoms with E-state index in [1.807, 2.05) is 42.6 Å². The molecule has 0 radical (unpaired) electrons. The first kappa shape index (κ1) is 22.0. The van der Waals surface area contributed by atoms with Gasteiger partial charge < -0.3 is 5.32 Å². The number of carbonyl (C=O) groups excluding carboxylic acids is 2.